The molecule has 1 aromatic carbocycles. The van der Waals surface area contributed by atoms with Crippen molar-refractivity contribution in [1.29, 1.82) is 5.26 Å². The molecule has 0 aromatic heterocycles. The molecule has 90 valence electrons. The second-order valence-corrected chi connectivity index (χ2v) is 3.55. The summed E-state index contributed by atoms with van der Waals surface area (Å²) in [5.41, 5.74) is 1.06. The predicted octanol–water partition coefficient (Wildman–Crippen LogP) is 2.37. The molecule has 1 rings (SSSR count). The largest absolute Gasteiger partial charge is 0.466 e. The number of carbonyl (C=O) groups excluding carboxylic acids is 1. The quantitative estimate of drug-likeness (QED) is 0.753. The minimum Gasteiger partial charge on any atom is -0.466 e. The van der Waals surface area contributed by atoms with Crippen molar-refractivity contribution in [2.75, 3.05) is 6.61 Å². The second-order valence-electron chi connectivity index (χ2n) is 3.55. The highest BCUT2D eigenvalue weighted by atomic mass is 19.1. The first-order valence-electron chi connectivity index (χ1n) is 5.49. The first kappa shape index (κ1) is 13.2. The molecule has 0 N–H and O–H groups in total. The number of ether oxygens (including phenoxy) is 1. The van der Waals surface area contributed by atoms with Crippen LogP contribution in [0.5, 0.6) is 0 Å². The fraction of sp³-hybridized carbons (Fsp3) is 0.385. The first-order valence-corrected chi connectivity index (χ1v) is 5.49. The summed E-state index contributed by atoms with van der Waals surface area (Å²) in [6.45, 7) is 3.80. The van der Waals surface area contributed by atoms with Gasteiger partial charge in [-0.05, 0) is 31.0 Å². The van der Waals surface area contributed by atoms with Crippen molar-refractivity contribution in [3.8, 4) is 6.07 Å². The highest BCUT2D eigenvalue weighted by molar-refractivity contribution is 5.73. The molecule has 0 heterocycles. The number of esters is 1. The van der Waals surface area contributed by atoms with Gasteiger partial charge >= 0.3 is 5.97 Å². The molecule has 0 atom stereocenters. The topological polar surface area (TPSA) is 50.1 Å². The Balaban J connectivity index is 3.07. The van der Waals surface area contributed by atoms with Crippen molar-refractivity contribution in [2.24, 2.45) is 0 Å². The fourth-order valence-corrected chi connectivity index (χ4v) is 1.53. The molecule has 0 aliphatic heterocycles. The molecule has 0 spiro atoms. The lowest BCUT2D eigenvalue weighted by Gasteiger charge is -2.07. The molecule has 0 radical (unpaired) electrons. The molecule has 0 amide bonds. The number of rotatable bonds is 4. The van der Waals surface area contributed by atoms with Crippen molar-refractivity contribution >= 4 is 5.97 Å². The van der Waals surface area contributed by atoms with Gasteiger partial charge in [-0.25, -0.2) is 4.39 Å². The maximum atomic E-state index is 13.7. The average molecular weight is 235 g/mol. The number of hydrogen-bond acceptors (Lipinski definition) is 3. The van der Waals surface area contributed by atoms with Crippen molar-refractivity contribution in [3.05, 3.63) is 34.6 Å². The van der Waals surface area contributed by atoms with Gasteiger partial charge in [0.2, 0.25) is 0 Å². The van der Waals surface area contributed by atoms with Gasteiger partial charge in [0, 0.05) is 5.56 Å². The van der Waals surface area contributed by atoms with Gasteiger partial charge in [-0.15, -0.1) is 0 Å². The van der Waals surface area contributed by atoms with Crippen LogP contribution < -0.4 is 0 Å². The molecule has 0 aliphatic rings. The second kappa shape index (κ2) is 6.00. The molecule has 0 aliphatic carbocycles. The summed E-state index contributed by atoms with van der Waals surface area (Å²) in [6.07, 6.45) is 0.442. The van der Waals surface area contributed by atoms with E-state index in [1.807, 2.05) is 13.0 Å². The Kier molecular flexibility index (Phi) is 4.65. The van der Waals surface area contributed by atoms with Gasteiger partial charge < -0.3 is 4.74 Å². The van der Waals surface area contributed by atoms with Crippen LogP contribution in [0.1, 0.15) is 30.5 Å². The SMILES string of the molecule is CCOC(=O)Cc1c(F)cc(CC)cc1C#N. The number of carbonyl (C=O) groups is 1. The summed E-state index contributed by atoms with van der Waals surface area (Å²) in [6, 6.07) is 4.88. The zero-order chi connectivity index (χ0) is 12.8. The Labute approximate surface area is 99.8 Å². The summed E-state index contributed by atoms with van der Waals surface area (Å²) >= 11 is 0. The minimum atomic E-state index is -0.521. The number of hydrogen-bond donors (Lipinski definition) is 0. The van der Waals surface area contributed by atoms with Crippen LogP contribution in [0.15, 0.2) is 12.1 Å². The van der Waals surface area contributed by atoms with Crippen LogP contribution >= 0.6 is 0 Å². The number of halogens is 1. The first-order chi connectivity index (χ1) is 8.12. The normalized spacial score (nSPS) is 9.76. The third kappa shape index (κ3) is 3.28. The Hall–Kier alpha value is -1.89. The van der Waals surface area contributed by atoms with Crippen LogP contribution in [0.25, 0.3) is 0 Å². The van der Waals surface area contributed by atoms with Gasteiger partial charge in [0.1, 0.15) is 5.82 Å². The Morgan fingerprint density at radius 1 is 1.47 bits per heavy atom. The third-order valence-electron chi connectivity index (χ3n) is 2.41. The Morgan fingerprint density at radius 3 is 2.71 bits per heavy atom. The van der Waals surface area contributed by atoms with Crippen LogP contribution in [-0.2, 0) is 22.4 Å². The van der Waals surface area contributed by atoms with Gasteiger partial charge in [0.15, 0.2) is 0 Å². The van der Waals surface area contributed by atoms with E-state index in [0.717, 1.165) is 5.56 Å². The zero-order valence-corrected chi connectivity index (χ0v) is 9.92. The van der Waals surface area contributed by atoms with E-state index in [0.29, 0.717) is 6.42 Å². The summed E-state index contributed by atoms with van der Waals surface area (Å²) < 4.78 is 18.5. The van der Waals surface area contributed by atoms with E-state index >= 15 is 0 Å². The van der Waals surface area contributed by atoms with Gasteiger partial charge in [-0.1, -0.05) is 6.92 Å². The van der Waals surface area contributed by atoms with E-state index in [1.54, 1.807) is 13.0 Å². The molecule has 0 unspecified atom stereocenters. The summed E-state index contributed by atoms with van der Waals surface area (Å²) in [4.78, 5) is 11.3. The molecule has 0 fully saturated rings. The maximum absolute atomic E-state index is 13.7. The Morgan fingerprint density at radius 2 is 2.18 bits per heavy atom. The lowest BCUT2D eigenvalue weighted by molar-refractivity contribution is -0.142. The molecule has 1 aromatic rings. The average Bonchev–Trinajstić information content (AvgIpc) is 2.31. The van der Waals surface area contributed by atoms with E-state index in [1.165, 1.54) is 6.07 Å². The van der Waals surface area contributed by atoms with Crippen LogP contribution in [0.2, 0.25) is 0 Å². The molecule has 3 nitrogen and oxygen atoms in total. The number of nitriles is 1. The van der Waals surface area contributed by atoms with E-state index < -0.39 is 11.8 Å². The number of benzene rings is 1. The Bertz CT molecular complexity index is 463. The molecular weight excluding hydrogens is 221 g/mol. The lowest BCUT2D eigenvalue weighted by atomic mass is 10.0. The highest BCUT2D eigenvalue weighted by Gasteiger charge is 2.14. The smallest absolute Gasteiger partial charge is 0.310 e. The third-order valence-corrected chi connectivity index (χ3v) is 2.41. The van der Waals surface area contributed by atoms with Crippen molar-refractivity contribution in [3.63, 3.8) is 0 Å². The van der Waals surface area contributed by atoms with E-state index in [4.69, 9.17) is 10.00 Å². The van der Waals surface area contributed by atoms with Crippen LogP contribution in [0, 0.1) is 17.1 Å². The maximum Gasteiger partial charge on any atom is 0.310 e. The molecule has 17 heavy (non-hydrogen) atoms. The van der Waals surface area contributed by atoms with Crippen molar-refractivity contribution in [1.82, 2.24) is 0 Å². The van der Waals surface area contributed by atoms with E-state index in [2.05, 4.69) is 0 Å². The fourth-order valence-electron chi connectivity index (χ4n) is 1.53. The van der Waals surface area contributed by atoms with Crippen LogP contribution in [0.4, 0.5) is 4.39 Å². The molecule has 0 saturated carbocycles. The summed E-state index contributed by atoms with van der Waals surface area (Å²) in [5.74, 6) is -1.04. The summed E-state index contributed by atoms with van der Waals surface area (Å²) in [7, 11) is 0. The zero-order valence-electron chi connectivity index (χ0n) is 9.92. The molecule has 4 heteroatoms. The molecular formula is C13H14FNO2. The van der Waals surface area contributed by atoms with Gasteiger partial charge in [0.05, 0.1) is 24.7 Å². The van der Waals surface area contributed by atoms with Crippen molar-refractivity contribution < 1.29 is 13.9 Å². The van der Waals surface area contributed by atoms with Gasteiger partial charge in [-0.2, -0.15) is 5.26 Å². The predicted molar refractivity (Wildman–Crippen MR) is 60.8 cm³/mol. The molecule has 0 bridgehead atoms. The van der Waals surface area contributed by atoms with E-state index in [-0.39, 0.29) is 24.2 Å². The standard InChI is InChI=1S/C13H14FNO2/c1-3-9-5-10(8-15)11(12(14)6-9)7-13(16)17-4-2/h5-6H,3-4,7H2,1-2H3. The number of aryl methyl sites for hydroxylation is 1. The lowest BCUT2D eigenvalue weighted by Crippen LogP contribution is -2.10. The van der Waals surface area contributed by atoms with Gasteiger partial charge in [0.25, 0.3) is 0 Å². The van der Waals surface area contributed by atoms with E-state index in [9.17, 15) is 9.18 Å². The van der Waals surface area contributed by atoms with Crippen LogP contribution in [0.3, 0.4) is 0 Å². The highest BCUT2D eigenvalue weighted by Crippen LogP contribution is 2.17. The minimum absolute atomic E-state index is 0.114. The summed E-state index contributed by atoms with van der Waals surface area (Å²) in [5, 5.41) is 8.94. The van der Waals surface area contributed by atoms with Gasteiger partial charge in [-0.3, -0.25) is 4.79 Å². The monoisotopic (exact) mass is 235 g/mol. The van der Waals surface area contributed by atoms with Crippen molar-refractivity contribution in [2.45, 2.75) is 26.7 Å². The molecule has 0 saturated heterocycles. The number of nitrogens with zero attached hydrogens (tertiary/aromatic N) is 1. The van der Waals surface area contributed by atoms with Crippen LogP contribution in [-0.4, -0.2) is 12.6 Å².